The Morgan fingerprint density at radius 3 is 2.21 bits per heavy atom. The van der Waals surface area contributed by atoms with Crippen LogP contribution in [0, 0.1) is 5.92 Å². The fourth-order valence-corrected chi connectivity index (χ4v) is 5.95. The number of amides is 2. The van der Waals surface area contributed by atoms with E-state index in [-0.39, 0.29) is 24.1 Å². The Morgan fingerprint density at radius 2 is 1.59 bits per heavy atom. The number of hydrogen-bond acceptors (Lipinski definition) is 5. The van der Waals surface area contributed by atoms with Crippen molar-refractivity contribution >= 4 is 21.8 Å². The normalized spacial score (nSPS) is 21.7. The van der Waals surface area contributed by atoms with Crippen LogP contribution in [0.1, 0.15) is 31.4 Å². The fourth-order valence-electron chi connectivity index (χ4n) is 4.45. The van der Waals surface area contributed by atoms with Crippen molar-refractivity contribution in [3.63, 3.8) is 0 Å². The third-order valence-electron chi connectivity index (χ3n) is 6.20. The first-order chi connectivity index (χ1) is 16.3. The Kier molecular flexibility index (Phi) is 7.35. The van der Waals surface area contributed by atoms with E-state index in [1.54, 1.807) is 29.2 Å². The van der Waals surface area contributed by atoms with Crippen LogP contribution >= 0.6 is 0 Å². The number of rotatable bonds is 8. The molecule has 0 N–H and O–H groups in total. The molecule has 4 rings (SSSR count). The van der Waals surface area contributed by atoms with Gasteiger partial charge in [0.15, 0.2) is 0 Å². The second-order valence-electron chi connectivity index (χ2n) is 9.22. The summed E-state index contributed by atoms with van der Waals surface area (Å²) in [6, 6.07) is 17.5. The lowest BCUT2D eigenvalue weighted by molar-refractivity contribution is -0.222. The monoisotopic (exact) mass is 485 g/mol. The Hall–Kier alpha value is -2.75. The second kappa shape index (κ2) is 10.2. The quantitative estimate of drug-likeness (QED) is 0.573. The molecular formula is C25H31N3O5S. The maximum atomic E-state index is 13.5. The van der Waals surface area contributed by atoms with Gasteiger partial charge in [-0.1, -0.05) is 79.0 Å². The zero-order valence-electron chi connectivity index (χ0n) is 19.5. The SMILES string of the molecule is CC(C)CCN1CC2N(C(=O)CON2S(=O)(=O)Cc2ccccc2)C(Cc2ccccc2)C1=O. The predicted molar refractivity (Wildman–Crippen MR) is 127 cm³/mol. The van der Waals surface area contributed by atoms with E-state index < -0.39 is 28.8 Å². The number of nitrogens with zero attached hydrogens (tertiary/aromatic N) is 3. The summed E-state index contributed by atoms with van der Waals surface area (Å²) in [7, 11) is -3.92. The van der Waals surface area contributed by atoms with Gasteiger partial charge < -0.3 is 9.80 Å². The smallest absolute Gasteiger partial charge is 0.252 e. The molecule has 2 fully saturated rings. The summed E-state index contributed by atoms with van der Waals surface area (Å²) in [5.74, 6) is -0.415. The van der Waals surface area contributed by atoms with Gasteiger partial charge in [-0.2, -0.15) is 0 Å². The minimum atomic E-state index is -3.92. The number of hydroxylamine groups is 1. The maximum Gasteiger partial charge on any atom is 0.252 e. The molecule has 2 aliphatic rings. The minimum Gasteiger partial charge on any atom is -0.337 e. The highest BCUT2D eigenvalue weighted by Crippen LogP contribution is 2.30. The van der Waals surface area contributed by atoms with Crippen molar-refractivity contribution in [2.24, 2.45) is 5.92 Å². The Labute approximate surface area is 201 Å². The molecule has 8 nitrogen and oxygen atoms in total. The van der Waals surface area contributed by atoms with Crippen molar-refractivity contribution in [3.05, 3.63) is 71.8 Å². The Balaban J connectivity index is 1.67. The summed E-state index contributed by atoms with van der Waals surface area (Å²) in [4.78, 5) is 35.1. The molecule has 0 spiro atoms. The lowest BCUT2D eigenvalue weighted by Gasteiger charge is -2.50. The van der Waals surface area contributed by atoms with Crippen LogP contribution in [0.3, 0.4) is 0 Å². The molecule has 0 aliphatic carbocycles. The molecule has 9 heteroatoms. The van der Waals surface area contributed by atoms with Gasteiger partial charge in [-0.3, -0.25) is 14.4 Å². The number of benzene rings is 2. The summed E-state index contributed by atoms with van der Waals surface area (Å²) < 4.78 is 27.7. The van der Waals surface area contributed by atoms with Crippen molar-refractivity contribution in [2.75, 3.05) is 19.7 Å². The summed E-state index contributed by atoms with van der Waals surface area (Å²) in [5.41, 5.74) is 1.53. The highest BCUT2D eigenvalue weighted by Gasteiger charge is 2.51. The average Bonchev–Trinajstić information content (AvgIpc) is 2.80. The van der Waals surface area contributed by atoms with E-state index in [1.807, 2.05) is 36.4 Å². The first-order valence-corrected chi connectivity index (χ1v) is 13.2. The number of fused-ring (bicyclic) bond motifs is 1. The van der Waals surface area contributed by atoms with Crippen molar-refractivity contribution < 1.29 is 22.8 Å². The third kappa shape index (κ3) is 5.32. The molecule has 0 saturated carbocycles. The molecule has 0 aromatic heterocycles. The van der Waals surface area contributed by atoms with Gasteiger partial charge in [0.25, 0.3) is 5.91 Å². The molecule has 2 aromatic rings. The highest BCUT2D eigenvalue weighted by molar-refractivity contribution is 7.88. The van der Waals surface area contributed by atoms with Crippen LogP contribution in [0.5, 0.6) is 0 Å². The zero-order chi connectivity index (χ0) is 24.3. The van der Waals surface area contributed by atoms with Crippen molar-refractivity contribution in [3.8, 4) is 0 Å². The zero-order valence-corrected chi connectivity index (χ0v) is 20.4. The molecule has 182 valence electrons. The van der Waals surface area contributed by atoms with Crippen LogP contribution in [0.4, 0.5) is 0 Å². The van der Waals surface area contributed by atoms with Gasteiger partial charge in [0.1, 0.15) is 18.8 Å². The molecule has 34 heavy (non-hydrogen) atoms. The van der Waals surface area contributed by atoms with Gasteiger partial charge in [0, 0.05) is 13.0 Å². The van der Waals surface area contributed by atoms with Crippen LogP contribution in [0.2, 0.25) is 0 Å². The number of carbonyl (C=O) groups excluding carboxylic acids is 2. The standard InChI is InChI=1S/C25H31N3O5S/c1-19(2)13-14-26-16-23-27(22(25(26)30)15-20-9-5-3-6-10-20)24(29)17-33-28(23)34(31,32)18-21-11-7-4-8-12-21/h3-12,19,22-23H,13-18H2,1-2H3. The number of sulfonamides is 1. The molecule has 0 radical (unpaired) electrons. The third-order valence-corrected chi connectivity index (χ3v) is 7.79. The van der Waals surface area contributed by atoms with Gasteiger partial charge in [-0.05, 0) is 23.5 Å². The van der Waals surface area contributed by atoms with Crippen LogP contribution in [-0.2, 0) is 36.6 Å². The molecule has 0 bridgehead atoms. The van der Waals surface area contributed by atoms with Crippen molar-refractivity contribution in [1.29, 1.82) is 0 Å². The minimum absolute atomic E-state index is 0.0800. The summed E-state index contributed by atoms with van der Waals surface area (Å²) in [6.07, 6.45) is 0.183. The number of piperazine rings is 1. The molecule has 2 heterocycles. The maximum absolute atomic E-state index is 13.5. The molecule has 2 unspecified atom stereocenters. The van der Waals surface area contributed by atoms with Crippen LogP contribution in [-0.4, -0.2) is 66.4 Å². The van der Waals surface area contributed by atoms with Gasteiger partial charge in [-0.25, -0.2) is 8.42 Å². The molecule has 2 amide bonds. The summed E-state index contributed by atoms with van der Waals surface area (Å²) in [5, 5.41) is 0. The van der Waals surface area contributed by atoms with Crippen LogP contribution in [0.25, 0.3) is 0 Å². The van der Waals surface area contributed by atoms with E-state index in [2.05, 4.69) is 13.8 Å². The topological polar surface area (TPSA) is 87.2 Å². The lowest BCUT2D eigenvalue weighted by atomic mass is 9.99. The van der Waals surface area contributed by atoms with E-state index in [0.29, 0.717) is 24.4 Å². The lowest BCUT2D eigenvalue weighted by Crippen LogP contribution is -2.72. The predicted octanol–water partition coefficient (Wildman–Crippen LogP) is 2.42. The van der Waals surface area contributed by atoms with E-state index in [4.69, 9.17) is 4.84 Å². The van der Waals surface area contributed by atoms with Crippen molar-refractivity contribution in [2.45, 2.75) is 44.6 Å². The van der Waals surface area contributed by atoms with Gasteiger partial charge in [0.2, 0.25) is 15.9 Å². The summed E-state index contributed by atoms with van der Waals surface area (Å²) >= 11 is 0. The van der Waals surface area contributed by atoms with Gasteiger partial charge in [-0.15, -0.1) is 0 Å². The summed E-state index contributed by atoms with van der Waals surface area (Å²) in [6.45, 7) is 4.30. The number of hydrogen-bond donors (Lipinski definition) is 0. The average molecular weight is 486 g/mol. The fraction of sp³-hybridized carbons (Fsp3) is 0.440. The van der Waals surface area contributed by atoms with Crippen molar-refractivity contribution in [1.82, 2.24) is 14.3 Å². The molecular weight excluding hydrogens is 454 g/mol. The van der Waals surface area contributed by atoms with Crippen LogP contribution in [0.15, 0.2) is 60.7 Å². The van der Waals surface area contributed by atoms with Crippen LogP contribution < -0.4 is 0 Å². The number of carbonyl (C=O) groups is 2. The van der Waals surface area contributed by atoms with Gasteiger partial charge in [0.05, 0.1) is 12.3 Å². The Bertz CT molecular complexity index is 1110. The second-order valence-corrected chi connectivity index (χ2v) is 11.0. The molecule has 2 saturated heterocycles. The molecule has 2 aromatic carbocycles. The molecule has 2 aliphatic heterocycles. The first kappa shape index (κ1) is 24.4. The van der Waals surface area contributed by atoms with E-state index in [1.165, 1.54) is 4.90 Å². The molecule has 2 atom stereocenters. The first-order valence-electron chi connectivity index (χ1n) is 11.6. The van der Waals surface area contributed by atoms with E-state index in [0.717, 1.165) is 16.5 Å². The van der Waals surface area contributed by atoms with E-state index in [9.17, 15) is 18.0 Å². The Morgan fingerprint density at radius 1 is 0.971 bits per heavy atom. The largest absolute Gasteiger partial charge is 0.337 e. The highest BCUT2D eigenvalue weighted by atomic mass is 32.2. The van der Waals surface area contributed by atoms with Gasteiger partial charge >= 0.3 is 0 Å². The van der Waals surface area contributed by atoms with E-state index >= 15 is 0 Å².